The third kappa shape index (κ3) is 4.50. The molecule has 0 bridgehead atoms. The highest BCUT2D eigenvalue weighted by Crippen LogP contribution is 2.36. The number of aromatic amines is 1. The van der Waals surface area contributed by atoms with Crippen LogP contribution in [-0.4, -0.2) is 22.0 Å². The maximum Gasteiger partial charge on any atom is 0.330 e. The normalized spacial score (nSPS) is 15.2. The number of nitrogens with one attached hydrogen (secondary N) is 1. The summed E-state index contributed by atoms with van der Waals surface area (Å²) >= 11 is 0. The van der Waals surface area contributed by atoms with Gasteiger partial charge in [-0.3, -0.25) is 19.1 Å². The van der Waals surface area contributed by atoms with Gasteiger partial charge in [0.2, 0.25) is 5.91 Å². The fourth-order valence-electron chi connectivity index (χ4n) is 4.23. The molecule has 3 rings (SSSR count). The van der Waals surface area contributed by atoms with E-state index in [1.54, 1.807) is 0 Å². The number of fused-ring (bicyclic) bond motifs is 1. The number of amides is 1. The molecular formula is C23H32N4O3. The Bertz CT molecular complexity index is 1010. The zero-order valence-corrected chi connectivity index (χ0v) is 17.9. The molecule has 7 nitrogen and oxygen atoms in total. The molecular weight excluding hydrogens is 380 g/mol. The first-order chi connectivity index (χ1) is 14.5. The highest BCUT2D eigenvalue weighted by atomic mass is 16.2. The van der Waals surface area contributed by atoms with Gasteiger partial charge in [0.1, 0.15) is 5.82 Å². The van der Waals surface area contributed by atoms with E-state index in [2.05, 4.69) is 17.1 Å². The Morgan fingerprint density at radius 2 is 1.93 bits per heavy atom. The number of nitrogen functional groups attached to an aromatic ring is 1. The molecule has 0 fully saturated rings. The standard InChI is InChI=1S/C23H32N4O3/c1-3-5-13-26(19(28)15-17-12-11-16-9-7-8-10-18(16)17)20-21(24)27(14-6-4-2)23(30)25-22(20)29/h7-10,17H,3-6,11-15,24H2,1-2H3,(H,25,29,30). The summed E-state index contributed by atoms with van der Waals surface area (Å²) in [5, 5.41) is 0. The molecule has 0 aliphatic heterocycles. The van der Waals surface area contributed by atoms with Crippen molar-refractivity contribution in [2.24, 2.45) is 0 Å². The molecule has 0 saturated carbocycles. The second kappa shape index (κ2) is 9.78. The van der Waals surface area contributed by atoms with Crippen molar-refractivity contribution in [1.29, 1.82) is 0 Å². The van der Waals surface area contributed by atoms with Crippen LogP contribution in [0.5, 0.6) is 0 Å². The highest BCUT2D eigenvalue weighted by molar-refractivity contribution is 5.96. The van der Waals surface area contributed by atoms with Crippen LogP contribution in [-0.2, 0) is 17.8 Å². The molecule has 1 aliphatic carbocycles. The maximum absolute atomic E-state index is 13.4. The van der Waals surface area contributed by atoms with Crippen molar-refractivity contribution in [3.05, 3.63) is 56.2 Å². The number of aryl methyl sites for hydroxylation is 1. The molecule has 1 aliphatic rings. The molecule has 1 aromatic heterocycles. The fourth-order valence-corrected chi connectivity index (χ4v) is 4.23. The van der Waals surface area contributed by atoms with Crippen LogP contribution in [0, 0.1) is 0 Å². The topological polar surface area (TPSA) is 101 Å². The number of hydrogen-bond acceptors (Lipinski definition) is 4. The van der Waals surface area contributed by atoms with Crippen LogP contribution in [0.3, 0.4) is 0 Å². The Hall–Kier alpha value is -2.83. The molecule has 3 N–H and O–H groups in total. The van der Waals surface area contributed by atoms with Gasteiger partial charge in [0.15, 0.2) is 5.69 Å². The van der Waals surface area contributed by atoms with Crippen molar-refractivity contribution in [2.45, 2.75) is 71.3 Å². The number of nitrogens with zero attached hydrogens (tertiary/aromatic N) is 2. The van der Waals surface area contributed by atoms with E-state index < -0.39 is 11.2 Å². The van der Waals surface area contributed by atoms with Crippen molar-refractivity contribution in [3.8, 4) is 0 Å². The van der Waals surface area contributed by atoms with Gasteiger partial charge in [-0.25, -0.2) is 4.79 Å². The van der Waals surface area contributed by atoms with Gasteiger partial charge in [0.05, 0.1) is 0 Å². The van der Waals surface area contributed by atoms with Crippen molar-refractivity contribution < 1.29 is 4.79 Å². The van der Waals surface area contributed by atoms with Crippen molar-refractivity contribution in [1.82, 2.24) is 9.55 Å². The second-order valence-corrected chi connectivity index (χ2v) is 8.04. The smallest absolute Gasteiger partial charge is 0.330 e. The summed E-state index contributed by atoms with van der Waals surface area (Å²) in [6, 6.07) is 8.23. The number of carbonyl (C=O) groups excluding carboxylic acids is 1. The zero-order valence-electron chi connectivity index (χ0n) is 17.9. The molecule has 1 unspecified atom stereocenters. The Balaban J connectivity index is 1.94. The highest BCUT2D eigenvalue weighted by Gasteiger charge is 2.29. The zero-order chi connectivity index (χ0) is 21.7. The van der Waals surface area contributed by atoms with Crippen LogP contribution in [0.2, 0.25) is 0 Å². The summed E-state index contributed by atoms with van der Waals surface area (Å²) in [7, 11) is 0. The van der Waals surface area contributed by atoms with Gasteiger partial charge in [0.25, 0.3) is 5.56 Å². The Morgan fingerprint density at radius 3 is 2.67 bits per heavy atom. The second-order valence-electron chi connectivity index (χ2n) is 8.04. The van der Waals surface area contributed by atoms with E-state index >= 15 is 0 Å². The van der Waals surface area contributed by atoms with Gasteiger partial charge >= 0.3 is 5.69 Å². The molecule has 0 spiro atoms. The summed E-state index contributed by atoms with van der Waals surface area (Å²) in [5.74, 6) is 0.0978. The molecule has 0 saturated heterocycles. The van der Waals surface area contributed by atoms with E-state index in [4.69, 9.17) is 5.73 Å². The van der Waals surface area contributed by atoms with Crippen LogP contribution < -0.4 is 21.9 Å². The number of unbranched alkanes of at least 4 members (excludes halogenated alkanes) is 2. The first kappa shape index (κ1) is 21.9. The lowest BCUT2D eigenvalue weighted by molar-refractivity contribution is -0.119. The third-order valence-corrected chi connectivity index (χ3v) is 5.93. The molecule has 30 heavy (non-hydrogen) atoms. The van der Waals surface area contributed by atoms with Gasteiger partial charge in [-0.2, -0.15) is 0 Å². The van der Waals surface area contributed by atoms with Gasteiger partial charge in [-0.1, -0.05) is 51.0 Å². The van der Waals surface area contributed by atoms with Crippen molar-refractivity contribution in [3.63, 3.8) is 0 Å². The maximum atomic E-state index is 13.4. The lowest BCUT2D eigenvalue weighted by Crippen LogP contribution is -2.42. The van der Waals surface area contributed by atoms with Gasteiger partial charge in [-0.15, -0.1) is 0 Å². The molecule has 0 radical (unpaired) electrons. The van der Waals surface area contributed by atoms with E-state index in [1.807, 2.05) is 26.0 Å². The van der Waals surface area contributed by atoms with Crippen LogP contribution in [0.15, 0.2) is 33.9 Å². The average Bonchev–Trinajstić information content (AvgIpc) is 3.13. The van der Waals surface area contributed by atoms with E-state index in [-0.39, 0.29) is 23.3 Å². The quantitative estimate of drug-likeness (QED) is 0.660. The van der Waals surface area contributed by atoms with E-state index in [0.717, 1.165) is 38.5 Å². The molecule has 1 atom stereocenters. The number of rotatable bonds is 9. The van der Waals surface area contributed by atoms with Gasteiger partial charge in [0, 0.05) is 19.5 Å². The van der Waals surface area contributed by atoms with Gasteiger partial charge < -0.3 is 10.6 Å². The largest absolute Gasteiger partial charge is 0.383 e. The van der Waals surface area contributed by atoms with Crippen LogP contribution in [0.4, 0.5) is 11.5 Å². The Morgan fingerprint density at radius 1 is 1.20 bits per heavy atom. The number of aromatic nitrogens is 2. The minimum atomic E-state index is -0.596. The third-order valence-electron chi connectivity index (χ3n) is 5.93. The van der Waals surface area contributed by atoms with E-state index in [1.165, 1.54) is 20.6 Å². The van der Waals surface area contributed by atoms with E-state index in [9.17, 15) is 14.4 Å². The summed E-state index contributed by atoms with van der Waals surface area (Å²) in [6.45, 7) is 4.87. The van der Waals surface area contributed by atoms with Crippen molar-refractivity contribution >= 4 is 17.4 Å². The molecule has 1 amide bonds. The van der Waals surface area contributed by atoms with Crippen LogP contribution >= 0.6 is 0 Å². The summed E-state index contributed by atoms with van der Waals surface area (Å²) in [6.07, 6.45) is 5.50. The fraction of sp³-hybridized carbons (Fsp3) is 0.522. The number of anilines is 2. The predicted molar refractivity (Wildman–Crippen MR) is 120 cm³/mol. The van der Waals surface area contributed by atoms with Crippen LogP contribution in [0.1, 0.15) is 69.4 Å². The number of hydrogen-bond donors (Lipinski definition) is 2. The Kier molecular flexibility index (Phi) is 7.13. The summed E-state index contributed by atoms with van der Waals surface area (Å²) < 4.78 is 1.37. The number of nitrogens with two attached hydrogens (primary N) is 1. The van der Waals surface area contributed by atoms with Crippen LogP contribution in [0.25, 0.3) is 0 Å². The minimum absolute atomic E-state index is 0.0773. The van der Waals surface area contributed by atoms with E-state index in [0.29, 0.717) is 19.5 Å². The SMILES string of the molecule is CCCCN(C(=O)CC1CCc2ccccc21)c1c(N)n(CCCC)c(=O)[nH]c1=O. The summed E-state index contributed by atoms with van der Waals surface area (Å²) in [4.78, 5) is 42.2. The molecule has 7 heteroatoms. The monoisotopic (exact) mass is 412 g/mol. The number of benzene rings is 1. The molecule has 1 heterocycles. The first-order valence-corrected chi connectivity index (χ1v) is 11.0. The minimum Gasteiger partial charge on any atom is -0.383 e. The first-order valence-electron chi connectivity index (χ1n) is 11.0. The van der Waals surface area contributed by atoms with Crippen molar-refractivity contribution in [2.75, 3.05) is 17.2 Å². The number of H-pyrrole nitrogens is 1. The lowest BCUT2D eigenvalue weighted by atomic mass is 9.97. The number of carbonyl (C=O) groups is 1. The molecule has 2 aromatic rings. The Labute approximate surface area is 176 Å². The van der Waals surface area contributed by atoms with Gasteiger partial charge in [-0.05, 0) is 42.7 Å². The molecule has 162 valence electrons. The predicted octanol–water partition coefficient (Wildman–Crippen LogP) is 3.17. The molecule has 1 aromatic carbocycles. The lowest BCUT2D eigenvalue weighted by Gasteiger charge is -2.26. The average molecular weight is 413 g/mol. The summed E-state index contributed by atoms with van der Waals surface area (Å²) in [5.41, 5.74) is 7.77.